The number of carbonyl (C=O) groups excluding carboxylic acids is 1. The first-order chi connectivity index (χ1) is 20.1. The largest absolute Gasteiger partial charge is 0.456 e. The highest BCUT2D eigenvalue weighted by Crippen LogP contribution is 2.67. The van der Waals surface area contributed by atoms with Crippen LogP contribution in [-0.4, -0.2) is 96.5 Å². The Balaban J connectivity index is 1.14. The lowest BCUT2D eigenvalue weighted by Crippen LogP contribution is -2.61. The number of hydrogen-bond acceptors (Lipinski definition) is 6. The lowest BCUT2D eigenvalue weighted by molar-refractivity contribution is -0.937. The van der Waals surface area contributed by atoms with Crippen molar-refractivity contribution in [2.75, 3.05) is 45.9 Å². The number of nitrogens with zero attached hydrogens (tertiary/aromatic N) is 2. The number of esters is 1. The summed E-state index contributed by atoms with van der Waals surface area (Å²) in [7, 11) is 0. The first-order valence-electron chi connectivity index (χ1n) is 17.5. The van der Waals surface area contributed by atoms with Crippen LogP contribution in [0.2, 0.25) is 0 Å². The molecule has 7 aliphatic rings. The first-order valence-corrected chi connectivity index (χ1v) is 17.5. The van der Waals surface area contributed by atoms with Gasteiger partial charge >= 0.3 is 5.97 Å². The van der Waals surface area contributed by atoms with Gasteiger partial charge in [0.15, 0.2) is 11.9 Å². The monoisotopic (exact) mass is 585 g/mol. The number of ether oxygens (including phenoxy) is 3. The van der Waals surface area contributed by atoms with Crippen molar-refractivity contribution < 1.29 is 28.6 Å². The molecule has 7 heteroatoms. The number of aliphatic hydroxyl groups excluding tert-OH is 1. The molecule has 1 N–H and O–H groups in total. The molecule has 3 unspecified atom stereocenters. The van der Waals surface area contributed by atoms with Crippen LogP contribution >= 0.6 is 0 Å². The number of likely N-dealkylation sites (tertiary alicyclic amines) is 2. The van der Waals surface area contributed by atoms with Crippen LogP contribution in [0.25, 0.3) is 0 Å². The second-order valence-electron chi connectivity index (χ2n) is 16.1. The van der Waals surface area contributed by atoms with Crippen molar-refractivity contribution in [3.8, 4) is 0 Å². The second-order valence-corrected chi connectivity index (χ2v) is 16.1. The fraction of sp³-hybridized carbons (Fsp3) is 0.914. The maximum absolute atomic E-state index is 12.6. The highest BCUT2D eigenvalue weighted by molar-refractivity contribution is 5.66. The fourth-order valence-electron chi connectivity index (χ4n) is 12.4. The van der Waals surface area contributed by atoms with E-state index in [0.717, 1.165) is 56.2 Å². The average molecular weight is 586 g/mol. The molecule has 3 saturated heterocycles. The number of hydrogen-bond donors (Lipinski definition) is 1. The molecule has 4 saturated carbocycles. The second kappa shape index (κ2) is 10.8. The van der Waals surface area contributed by atoms with Crippen molar-refractivity contribution in [3.63, 3.8) is 0 Å². The van der Waals surface area contributed by atoms with Gasteiger partial charge in [-0.25, -0.2) is 0 Å². The van der Waals surface area contributed by atoms with Gasteiger partial charge in [0.25, 0.3) is 0 Å². The number of carbonyl (C=O) groups is 1. The van der Waals surface area contributed by atoms with E-state index >= 15 is 0 Å². The molecule has 7 rings (SSSR count). The van der Waals surface area contributed by atoms with Gasteiger partial charge < -0.3 is 23.8 Å². The van der Waals surface area contributed by atoms with Crippen LogP contribution in [0.15, 0.2) is 12.7 Å². The lowest BCUT2D eigenvalue weighted by atomic mass is 9.44. The number of piperidine rings is 1. The van der Waals surface area contributed by atoms with Crippen LogP contribution in [0.5, 0.6) is 0 Å². The van der Waals surface area contributed by atoms with Gasteiger partial charge in [0.2, 0.25) is 0 Å². The lowest BCUT2D eigenvalue weighted by Gasteiger charge is -2.62. The molecular formula is C35H57N2O5+. The molecule has 7 fully saturated rings. The Morgan fingerprint density at radius 1 is 1.02 bits per heavy atom. The van der Waals surface area contributed by atoms with E-state index in [1.54, 1.807) is 6.92 Å². The van der Waals surface area contributed by atoms with Gasteiger partial charge in [-0.2, -0.15) is 0 Å². The summed E-state index contributed by atoms with van der Waals surface area (Å²) in [6.45, 7) is 17.6. The van der Waals surface area contributed by atoms with E-state index in [0.29, 0.717) is 42.9 Å². The summed E-state index contributed by atoms with van der Waals surface area (Å²) in [6.07, 6.45) is 14.3. The van der Waals surface area contributed by atoms with Gasteiger partial charge in [-0.05, 0) is 73.7 Å². The SMILES string of the molecule is C=CC[N+]1([C@H]2CC3C4CC[C@H]5C[C@H](O)[C@@H](N6CCC7(CC6)OCCO7)C[C@]5(C)C4CC[C@]3(C)[C@H]2OC(C)=O)CCCC1. The van der Waals surface area contributed by atoms with Crippen molar-refractivity contribution >= 4 is 5.97 Å². The average Bonchev–Trinajstić information content (AvgIpc) is 3.69. The van der Waals surface area contributed by atoms with Crippen molar-refractivity contribution in [1.29, 1.82) is 0 Å². The topological polar surface area (TPSA) is 68.2 Å². The van der Waals surface area contributed by atoms with Crippen LogP contribution in [0.3, 0.4) is 0 Å². The van der Waals surface area contributed by atoms with E-state index in [-0.39, 0.29) is 40.8 Å². The zero-order valence-corrected chi connectivity index (χ0v) is 26.6. The molecular weight excluding hydrogens is 528 g/mol. The minimum atomic E-state index is -0.370. The summed E-state index contributed by atoms with van der Waals surface area (Å²) in [4.78, 5) is 15.1. The molecule has 1 spiro atoms. The van der Waals surface area contributed by atoms with E-state index in [9.17, 15) is 9.90 Å². The Morgan fingerprint density at radius 2 is 1.74 bits per heavy atom. The Labute approximate surface area is 253 Å². The van der Waals surface area contributed by atoms with Gasteiger partial charge in [0, 0.05) is 63.6 Å². The molecule has 0 aromatic heterocycles. The number of fused-ring (bicyclic) bond motifs is 5. The Hall–Kier alpha value is -0.990. The maximum atomic E-state index is 12.6. The summed E-state index contributed by atoms with van der Waals surface area (Å²) in [5.74, 6) is 2.09. The summed E-state index contributed by atoms with van der Waals surface area (Å²) >= 11 is 0. The highest BCUT2D eigenvalue weighted by Gasteiger charge is 2.67. The van der Waals surface area contributed by atoms with Crippen molar-refractivity contribution in [2.24, 2.45) is 34.5 Å². The van der Waals surface area contributed by atoms with Gasteiger partial charge in [-0.1, -0.05) is 20.4 Å². The van der Waals surface area contributed by atoms with Gasteiger partial charge in [-0.15, -0.1) is 0 Å². The van der Waals surface area contributed by atoms with Gasteiger partial charge in [-0.3, -0.25) is 9.69 Å². The van der Waals surface area contributed by atoms with E-state index < -0.39 is 0 Å². The zero-order chi connectivity index (χ0) is 29.3. The minimum Gasteiger partial charge on any atom is -0.456 e. The normalized spacial score (nSPS) is 47.9. The summed E-state index contributed by atoms with van der Waals surface area (Å²) < 4.78 is 19.5. The predicted molar refractivity (Wildman–Crippen MR) is 161 cm³/mol. The van der Waals surface area contributed by atoms with Crippen molar-refractivity contribution in [1.82, 2.24) is 4.90 Å². The number of quaternary nitrogens is 1. The molecule has 0 amide bonds. The molecule has 7 nitrogen and oxygen atoms in total. The molecule has 0 bridgehead atoms. The van der Waals surface area contributed by atoms with Crippen LogP contribution in [-0.2, 0) is 19.0 Å². The van der Waals surface area contributed by atoms with E-state index in [1.807, 2.05) is 0 Å². The zero-order valence-electron chi connectivity index (χ0n) is 26.6. The quantitative estimate of drug-likeness (QED) is 0.281. The van der Waals surface area contributed by atoms with Crippen molar-refractivity contribution in [3.05, 3.63) is 12.7 Å². The summed E-state index contributed by atoms with van der Waals surface area (Å²) in [6, 6.07) is 0.614. The number of aliphatic hydroxyl groups is 1. The standard InChI is InChI=1S/C35H57N2O5/c1-5-16-37(17-6-7-18-37)30-22-28-26-9-8-25-21-31(39)29(36-14-12-35(13-15-36)40-19-20-41-35)23-34(25,4)27(26)10-11-33(28,3)32(30)42-24(2)38/h5,25-32,39H,1,6-23H2,2-4H3/q+1/t25-,26?,27?,28?,29-,30-,31-,32-,33-,34-/m0/s1. The van der Waals surface area contributed by atoms with Gasteiger partial charge in [0.1, 0.15) is 6.04 Å². The van der Waals surface area contributed by atoms with Crippen LogP contribution < -0.4 is 0 Å². The molecule has 3 heterocycles. The highest BCUT2D eigenvalue weighted by atomic mass is 16.7. The van der Waals surface area contributed by atoms with Crippen LogP contribution in [0.1, 0.15) is 91.4 Å². The van der Waals surface area contributed by atoms with Crippen LogP contribution in [0, 0.1) is 34.5 Å². The molecule has 236 valence electrons. The summed E-state index contributed by atoms with van der Waals surface area (Å²) in [5, 5.41) is 11.5. The van der Waals surface area contributed by atoms with Crippen molar-refractivity contribution in [2.45, 2.75) is 121 Å². The Kier molecular flexibility index (Phi) is 7.65. The Morgan fingerprint density at radius 3 is 2.40 bits per heavy atom. The summed E-state index contributed by atoms with van der Waals surface area (Å²) in [5.41, 5.74) is 0.297. The Bertz CT molecular complexity index is 1030. The molecule has 4 aliphatic carbocycles. The van der Waals surface area contributed by atoms with E-state index in [4.69, 9.17) is 14.2 Å². The number of rotatable bonds is 5. The molecule has 3 aliphatic heterocycles. The molecule has 0 aromatic carbocycles. The first kappa shape index (κ1) is 29.7. The molecule has 10 atom stereocenters. The maximum Gasteiger partial charge on any atom is 0.303 e. The smallest absolute Gasteiger partial charge is 0.303 e. The molecule has 0 aromatic rings. The van der Waals surface area contributed by atoms with E-state index in [1.165, 1.54) is 51.6 Å². The predicted octanol–water partition coefficient (Wildman–Crippen LogP) is 4.91. The van der Waals surface area contributed by atoms with E-state index in [2.05, 4.69) is 31.4 Å². The fourth-order valence-corrected chi connectivity index (χ4v) is 12.4. The molecule has 0 radical (unpaired) electrons. The third-order valence-electron chi connectivity index (χ3n) is 14.4. The molecule has 42 heavy (non-hydrogen) atoms. The minimum absolute atomic E-state index is 0.00570. The third-order valence-corrected chi connectivity index (χ3v) is 14.4. The van der Waals surface area contributed by atoms with Gasteiger partial charge in [0.05, 0.1) is 39.0 Å². The third kappa shape index (κ3) is 4.57. The van der Waals surface area contributed by atoms with Crippen LogP contribution in [0.4, 0.5) is 0 Å².